The van der Waals surface area contributed by atoms with Gasteiger partial charge in [-0.05, 0) is 30.2 Å². The molecule has 0 atom stereocenters. The first-order chi connectivity index (χ1) is 11.3. The Hall–Kier alpha value is -1.41. The van der Waals surface area contributed by atoms with Gasteiger partial charge in [-0.3, -0.25) is 4.79 Å². The van der Waals surface area contributed by atoms with Crippen molar-refractivity contribution in [1.29, 1.82) is 0 Å². The molecule has 0 radical (unpaired) electrons. The number of carbonyl (C=O) groups is 1. The molecule has 1 aromatic carbocycles. The Morgan fingerprint density at radius 2 is 1.92 bits per heavy atom. The van der Waals surface area contributed by atoms with Gasteiger partial charge in [0.15, 0.2) is 0 Å². The average Bonchev–Trinajstić information content (AvgIpc) is 3.01. The van der Waals surface area contributed by atoms with Crippen molar-refractivity contribution in [2.24, 2.45) is 0 Å². The van der Waals surface area contributed by atoms with Crippen molar-refractivity contribution in [3.05, 3.63) is 51.9 Å². The lowest BCUT2D eigenvalue weighted by Crippen LogP contribution is -2.22. The van der Waals surface area contributed by atoms with Crippen molar-refractivity contribution in [3.8, 4) is 0 Å². The summed E-state index contributed by atoms with van der Waals surface area (Å²) in [4.78, 5) is 12.7. The van der Waals surface area contributed by atoms with E-state index in [1.165, 1.54) is 18.4 Å². The SMILES string of the molecule is CN(C)S(=O)(=O)c1ccc(CNC(=O)CCc2ccccc2Cl)s1. The average molecular weight is 387 g/mol. The summed E-state index contributed by atoms with van der Waals surface area (Å²) in [5, 5.41) is 3.46. The molecule has 2 rings (SSSR count). The minimum absolute atomic E-state index is 0.0969. The molecule has 1 aromatic heterocycles. The second kappa shape index (κ2) is 8.11. The van der Waals surface area contributed by atoms with E-state index in [1.54, 1.807) is 18.2 Å². The maximum atomic E-state index is 12.0. The minimum atomic E-state index is -3.42. The number of halogens is 1. The third kappa shape index (κ3) is 4.80. The van der Waals surface area contributed by atoms with Gasteiger partial charge < -0.3 is 5.32 Å². The smallest absolute Gasteiger partial charge is 0.252 e. The molecule has 1 amide bonds. The van der Waals surface area contributed by atoms with Crippen LogP contribution >= 0.6 is 22.9 Å². The topological polar surface area (TPSA) is 66.5 Å². The molecule has 24 heavy (non-hydrogen) atoms. The highest BCUT2D eigenvalue weighted by molar-refractivity contribution is 7.91. The van der Waals surface area contributed by atoms with Crippen LogP contribution < -0.4 is 5.32 Å². The van der Waals surface area contributed by atoms with Gasteiger partial charge in [0.25, 0.3) is 10.0 Å². The van der Waals surface area contributed by atoms with Gasteiger partial charge in [0, 0.05) is 30.4 Å². The van der Waals surface area contributed by atoms with E-state index in [4.69, 9.17) is 11.6 Å². The van der Waals surface area contributed by atoms with Crippen molar-refractivity contribution in [2.75, 3.05) is 14.1 Å². The molecular weight excluding hydrogens is 368 g/mol. The Kier molecular flexibility index (Phi) is 6.40. The number of carbonyl (C=O) groups excluding carboxylic acids is 1. The molecule has 2 aromatic rings. The van der Waals surface area contributed by atoms with Gasteiger partial charge in [-0.15, -0.1) is 11.3 Å². The van der Waals surface area contributed by atoms with Crippen LogP contribution in [-0.4, -0.2) is 32.7 Å². The predicted molar refractivity (Wildman–Crippen MR) is 96.8 cm³/mol. The van der Waals surface area contributed by atoms with Crippen LogP contribution in [0.15, 0.2) is 40.6 Å². The summed E-state index contributed by atoms with van der Waals surface area (Å²) in [5.74, 6) is -0.0969. The van der Waals surface area contributed by atoms with Gasteiger partial charge >= 0.3 is 0 Å². The van der Waals surface area contributed by atoms with E-state index in [2.05, 4.69) is 5.32 Å². The number of nitrogens with zero attached hydrogens (tertiary/aromatic N) is 1. The fraction of sp³-hybridized carbons (Fsp3) is 0.312. The summed E-state index contributed by atoms with van der Waals surface area (Å²) in [6.45, 7) is 0.314. The van der Waals surface area contributed by atoms with Crippen molar-refractivity contribution in [3.63, 3.8) is 0 Å². The third-order valence-corrected chi connectivity index (χ3v) is 7.15. The van der Waals surface area contributed by atoms with Crippen LogP contribution in [0.2, 0.25) is 5.02 Å². The van der Waals surface area contributed by atoms with Gasteiger partial charge in [0.1, 0.15) is 4.21 Å². The lowest BCUT2D eigenvalue weighted by atomic mass is 10.1. The summed E-state index contributed by atoms with van der Waals surface area (Å²) >= 11 is 7.22. The molecular formula is C16H19ClN2O3S2. The molecule has 130 valence electrons. The molecule has 0 bridgehead atoms. The largest absolute Gasteiger partial charge is 0.351 e. The molecule has 0 spiro atoms. The first-order valence-electron chi connectivity index (χ1n) is 7.32. The normalized spacial score (nSPS) is 11.7. The van der Waals surface area contributed by atoms with Gasteiger partial charge in [-0.1, -0.05) is 29.8 Å². The van der Waals surface area contributed by atoms with E-state index >= 15 is 0 Å². The Labute approximate surface area is 151 Å². The second-order valence-corrected chi connectivity index (χ2v) is 9.33. The molecule has 0 saturated carbocycles. The number of hydrogen-bond donors (Lipinski definition) is 1. The van der Waals surface area contributed by atoms with Crippen LogP contribution in [0.5, 0.6) is 0 Å². The third-order valence-electron chi connectivity index (χ3n) is 3.41. The van der Waals surface area contributed by atoms with Crippen molar-refractivity contribution in [1.82, 2.24) is 9.62 Å². The van der Waals surface area contributed by atoms with Crippen molar-refractivity contribution < 1.29 is 13.2 Å². The second-order valence-electron chi connectivity index (χ2n) is 5.38. The summed E-state index contributed by atoms with van der Waals surface area (Å²) in [7, 11) is -0.439. The van der Waals surface area contributed by atoms with Crippen molar-refractivity contribution in [2.45, 2.75) is 23.6 Å². The predicted octanol–water partition coefficient (Wildman–Crippen LogP) is 2.90. The summed E-state index contributed by atoms with van der Waals surface area (Å²) < 4.78 is 25.5. The lowest BCUT2D eigenvalue weighted by molar-refractivity contribution is -0.121. The Balaban J connectivity index is 1.87. The van der Waals surface area contributed by atoms with E-state index in [-0.39, 0.29) is 10.1 Å². The Morgan fingerprint density at radius 1 is 1.21 bits per heavy atom. The number of rotatable bonds is 7. The number of amides is 1. The van der Waals surface area contributed by atoms with Gasteiger partial charge in [-0.2, -0.15) is 0 Å². The van der Waals surface area contributed by atoms with E-state index in [0.717, 1.165) is 21.8 Å². The van der Waals surface area contributed by atoms with Crippen molar-refractivity contribution >= 4 is 38.9 Å². The highest BCUT2D eigenvalue weighted by atomic mass is 35.5. The summed E-state index contributed by atoms with van der Waals surface area (Å²) in [5.41, 5.74) is 0.935. The monoisotopic (exact) mass is 386 g/mol. The van der Waals surface area contributed by atoms with Crippen LogP contribution in [0.1, 0.15) is 16.9 Å². The van der Waals surface area contributed by atoms with Crippen LogP contribution in [0.4, 0.5) is 0 Å². The van der Waals surface area contributed by atoms with Crippen LogP contribution in [-0.2, 0) is 27.8 Å². The fourth-order valence-corrected chi connectivity index (χ4v) is 4.69. The van der Waals surface area contributed by atoms with E-state index < -0.39 is 10.0 Å². The molecule has 1 N–H and O–H groups in total. The molecule has 1 heterocycles. The lowest BCUT2D eigenvalue weighted by Gasteiger charge is -2.08. The van der Waals surface area contributed by atoms with Crippen LogP contribution in [0.25, 0.3) is 0 Å². The quantitative estimate of drug-likeness (QED) is 0.795. The van der Waals surface area contributed by atoms with Gasteiger partial charge in [-0.25, -0.2) is 12.7 Å². The van der Waals surface area contributed by atoms with Crippen LogP contribution in [0.3, 0.4) is 0 Å². The molecule has 0 aliphatic heterocycles. The maximum absolute atomic E-state index is 12.0. The number of aryl methyl sites for hydroxylation is 1. The molecule has 0 unspecified atom stereocenters. The molecule has 0 saturated heterocycles. The summed E-state index contributed by atoms with van der Waals surface area (Å²) in [6, 6.07) is 10.7. The summed E-state index contributed by atoms with van der Waals surface area (Å²) in [6.07, 6.45) is 0.897. The van der Waals surface area contributed by atoms with E-state index in [9.17, 15) is 13.2 Å². The number of nitrogens with one attached hydrogen (secondary N) is 1. The fourth-order valence-electron chi connectivity index (χ4n) is 2.00. The first kappa shape index (κ1) is 18.9. The minimum Gasteiger partial charge on any atom is -0.351 e. The molecule has 0 aliphatic carbocycles. The highest BCUT2D eigenvalue weighted by Gasteiger charge is 2.19. The highest BCUT2D eigenvalue weighted by Crippen LogP contribution is 2.23. The van der Waals surface area contributed by atoms with E-state index in [1.807, 2.05) is 18.2 Å². The maximum Gasteiger partial charge on any atom is 0.252 e. The van der Waals surface area contributed by atoms with E-state index in [0.29, 0.717) is 24.4 Å². The van der Waals surface area contributed by atoms with Crippen LogP contribution in [0, 0.1) is 0 Å². The number of sulfonamides is 1. The zero-order chi connectivity index (χ0) is 17.7. The standard InChI is InChI=1S/C16H19ClN2O3S2/c1-19(2)24(21,22)16-10-8-13(23-16)11-18-15(20)9-7-12-5-3-4-6-14(12)17/h3-6,8,10H,7,9,11H2,1-2H3,(H,18,20). The van der Waals surface area contributed by atoms with Gasteiger partial charge in [0.05, 0.1) is 6.54 Å². The number of hydrogen-bond acceptors (Lipinski definition) is 4. The Bertz CT molecular complexity index is 816. The molecule has 0 fully saturated rings. The van der Waals surface area contributed by atoms with Gasteiger partial charge in [0.2, 0.25) is 5.91 Å². The molecule has 0 aliphatic rings. The zero-order valence-corrected chi connectivity index (χ0v) is 15.8. The Morgan fingerprint density at radius 3 is 2.58 bits per heavy atom. The first-order valence-corrected chi connectivity index (χ1v) is 9.95. The number of thiophene rings is 1. The molecule has 8 heteroatoms. The number of benzene rings is 1. The molecule has 5 nitrogen and oxygen atoms in total. The zero-order valence-electron chi connectivity index (χ0n) is 13.5.